The summed E-state index contributed by atoms with van der Waals surface area (Å²) < 4.78 is 12.2. The summed E-state index contributed by atoms with van der Waals surface area (Å²) in [6.45, 7) is 3.12. The molecule has 1 saturated heterocycles. The predicted molar refractivity (Wildman–Crippen MR) is 90.4 cm³/mol. The van der Waals surface area contributed by atoms with Crippen molar-refractivity contribution in [2.24, 2.45) is 4.99 Å². The predicted octanol–water partition coefficient (Wildman–Crippen LogP) is 3.92. The molecule has 0 unspecified atom stereocenters. The Hall–Kier alpha value is -1.24. The van der Waals surface area contributed by atoms with E-state index in [1.165, 1.54) is 0 Å². The van der Waals surface area contributed by atoms with E-state index in [2.05, 4.69) is 38.5 Å². The first-order chi connectivity index (χ1) is 10.2. The van der Waals surface area contributed by atoms with Crippen molar-refractivity contribution in [1.82, 2.24) is 0 Å². The Morgan fingerprint density at radius 3 is 2.76 bits per heavy atom. The molecule has 6 heteroatoms. The van der Waals surface area contributed by atoms with Gasteiger partial charge >= 0.3 is 0 Å². The number of nitrogens with zero attached hydrogens (tertiary/aromatic N) is 2. The molecule has 0 N–H and O–H groups in total. The van der Waals surface area contributed by atoms with Gasteiger partial charge < -0.3 is 14.1 Å². The molecule has 0 bridgehead atoms. The first-order valence-electron chi connectivity index (χ1n) is 6.68. The summed E-state index contributed by atoms with van der Waals surface area (Å²) >= 11 is 7.92. The average molecular weight is 367 g/mol. The lowest BCUT2D eigenvalue weighted by molar-refractivity contribution is 0.120. The molecule has 3 rings (SSSR count). The zero-order chi connectivity index (χ0) is 14.7. The van der Waals surface area contributed by atoms with Crippen molar-refractivity contribution >= 4 is 46.3 Å². The van der Waals surface area contributed by atoms with Crippen LogP contribution in [0.2, 0.25) is 0 Å². The summed E-state index contributed by atoms with van der Waals surface area (Å²) in [5.74, 6) is 1.54. The number of rotatable bonds is 3. The number of hydrogen-bond acceptors (Lipinski definition) is 5. The number of morpholine rings is 1. The van der Waals surface area contributed by atoms with Crippen LogP contribution >= 0.6 is 28.6 Å². The van der Waals surface area contributed by atoms with E-state index in [0.717, 1.165) is 47.2 Å². The van der Waals surface area contributed by atoms with Crippen molar-refractivity contribution in [3.63, 3.8) is 0 Å². The van der Waals surface area contributed by atoms with Gasteiger partial charge in [-0.1, -0.05) is 12.1 Å². The van der Waals surface area contributed by atoms with Crippen LogP contribution in [0.3, 0.4) is 0 Å². The van der Waals surface area contributed by atoms with Crippen LogP contribution in [0.5, 0.6) is 0 Å². The number of ether oxygens (including phenoxy) is 1. The summed E-state index contributed by atoms with van der Waals surface area (Å²) in [5, 5.41) is 0. The Morgan fingerprint density at radius 1 is 1.24 bits per heavy atom. The largest absolute Gasteiger partial charge is 0.438 e. The van der Waals surface area contributed by atoms with E-state index < -0.39 is 0 Å². The zero-order valence-electron chi connectivity index (χ0n) is 11.3. The third-order valence-electron chi connectivity index (χ3n) is 3.20. The van der Waals surface area contributed by atoms with Gasteiger partial charge in [-0.2, -0.15) is 0 Å². The zero-order valence-corrected chi connectivity index (χ0v) is 13.8. The molecule has 0 amide bonds. The van der Waals surface area contributed by atoms with Crippen molar-refractivity contribution in [3.05, 3.63) is 40.6 Å². The highest BCUT2D eigenvalue weighted by Gasteiger charge is 2.18. The van der Waals surface area contributed by atoms with Crippen LogP contribution in [0.25, 0.3) is 0 Å². The number of aliphatic imine (C=N–C) groups is 1. The van der Waals surface area contributed by atoms with Crippen molar-refractivity contribution in [2.45, 2.75) is 4.90 Å². The molecule has 4 nitrogen and oxygen atoms in total. The molecule has 2 heterocycles. The first kappa shape index (κ1) is 14.7. The Bertz CT molecular complexity index is 651. The SMILES string of the molecule is Sc1ccccc1N=Cc1cc(Br)c(N2CCOCC2)o1. The van der Waals surface area contributed by atoms with Gasteiger partial charge in [-0.05, 0) is 28.1 Å². The van der Waals surface area contributed by atoms with E-state index in [0.29, 0.717) is 5.76 Å². The highest BCUT2D eigenvalue weighted by atomic mass is 79.9. The fourth-order valence-electron chi connectivity index (χ4n) is 2.13. The fraction of sp³-hybridized carbons (Fsp3) is 0.267. The van der Waals surface area contributed by atoms with Crippen LogP contribution < -0.4 is 4.90 Å². The molecule has 0 spiro atoms. The molecular weight excluding hydrogens is 352 g/mol. The van der Waals surface area contributed by atoms with Crippen LogP contribution in [0.15, 0.2) is 49.1 Å². The van der Waals surface area contributed by atoms with Crippen molar-refractivity contribution in [2.75, 3.05) is 31.2 Å². The van der Waals surface area contributed by atoms with Crippen LogP contribution in [-0.2, 0) is 4.74 Å². The van der Waals surface area contributed by atoms with Gasteiger partial charge in [0.1, 0.15) is 5.76 Å². The number of benzene rings is 1. The fourth-order valence-corrected chi connectivity index (χ4v) is 2.90. The minimum Gasteiger partial charge on any atom is -0.438 e. The number of hydrogen-bond donors (Lipinski definition) is 1. The minimum absolute atomic E-state index is 0.708. The van der Waals surface area contributed by atoms with Gasteiger partial charge in [-0.15, -0.1) is 12.6 Å². The van der Waals surface area contributed by atoms with E-state index in [-0.39, 0.29) is 0 Å². The van der Waals surface area contributed by atoms with Crippen LogP contribution in [-0.4, -0.2) is 32.5 Å². The monoisotopic (exact) mass is 366 g/mol. The molecule has 1 aromatic carbocycles. The highest BCUT2D eigenvalue weighted by molar-refractivity contribution is 9.10. The summed E-state index contributed by atoms with van der Waals surface area (Å²) in [4.78, 5) is 7.42. The smallest absolute Gasteiger partial charge is 0.210 e. The Labute approximate surface area is 137 Å². The second-order valence-electron chi connectivity index (χ2n) is 4.65. The lowest BCUT2D eigenvalue weighted by Crippen LogP contribution is -2.36. The van der Waals surface area contributed by atoms with Crippen LogP contribution in [0.1, 0.15) is 5.76 Å². The first-order valence-corrected chi connectivity index (χ1v) is 7.92. The molecule has 0 atom stereocenters. The van der Waals surface area contributed by atoms with E-state index in [4.69, 9.17) is 9.15 Å². The van der Waals surface area contributed by atoms with Gasteiger partial charge in [0.15, 0.2) is 0 Å². The highest BCUT2D eigenvalue weighted by Crippen LogP contribution is 2.30. The maximum absolute atomic E-state index is 5.86. The summed E-state index contributed by atoms with van der Waals surface area (Å²) in [5.41, 5.74) is 0.821. The number of thiol groups is 1. The third kappa shape index (κ3) is 3.51. The molecule has 0 radical (unpaired) electrons. The van der Waals surface area contributed by atoms with Gasteiger partial charge in [-0.3, -0.25) is 4.99 Å². The quantitative estimate of drug-likeness (QED) is 0.660. The summed E-state index contributed by atoms with van der Waals surface area (Å²) in [7, 11) is 0. The molecule has 21 heavy (non-hydrogen) atoms. The number of halogens is 1. The van der Waals surface area contributed by atoms with Gasteiger partial charge in [0.05, 0.1) is 29.6 Å². The number of para-hydroxylation sites is 1. The van der Waals surface area contributed by atoms with Crippen molar-refractivity contribution in [1.29, 1.82) is 0 Å². The second-order valence-corrected chi connectivity index (χ2v) is 5.98. The molecular formula is C15H15BrN2O2S. The average Bonchev–Trinajstić information content (AvgIpc) is 2.88. The summed E-state index contributed by atoms with van der Waals surface area (Å²) in [6.07, 6.45) is 1.71. The molecule has 1 fully saturated rings. The maximum Gasteiger partial charge on any atom is 0.210 e. The summed E-state index contributed by atoms with van der Waals surface area (Å²) in [6, 6.07) is 9.62. The molecule has 0 saturated carbocycles. The lowest BCUT2D eigenvalue weighted by Gasteiger charge is -2.26. The van der Waals surface area contributed by atoms with Crippen molar-refractivity contribution in [3.8, 4) is 0 Å². The molecule has 1 aliphatic heterocycles. The Balaban J connectivity index is 1.79. The molecule has 0 aliphatic carbocycles. The van der Waals surface area contributed by atoms with Gasteiger partial charge in [-0.25, -0.2) is 0 Å². The third-order valence-corrected chi connectivity index (χ3v) is 4.15. The molecule has 1 aromatic heterocycles. The standard InChI is InChI=1S/C15H15BrN2O2S/c16-12-9-11(10-17-13-3-1-2-4-14(13)21)20-15(12)18-5-7-19-8-6-18/h1-4,9-10,21H,5-8H2. The van der Waals surface area contributed by atoms with E-state index in [9.17, 15) is 0 Å². The van der Waals surface area contributed by atoms with Crippen LogP contribution in [0.4, 0.5) is 11.6 Å². The van der Waals surface area contributed by atoms with E-state index in [1.54, 1.807) is 6.21 Å². The topological polar surface area (TPSA) is 38.0 Å². The van der Waals surface area contributed by atoms with Gasteiger partial charge in [0.2, 0.25) is 5.88 Å². The van der Waals surface area contributed by atoms with E-state index in [1.807, 2.05) is 30.3 Å². The van der Waals surface area contributed by atoms with Gasteiger partial charge in [0, 0.05) is 24.1 Å². The molecule has 2 aromatic rings. The maximum atomic E-state index is 5.86. The Kier molecular flexibility index (Phi) is 4.67. The molecule has 1 aliphatic rings. The van der Waals surface area contributed by atoms with E-state index >= 15 is 0 Å². The second kappa shape index (κ2) is 6.68. The van der Waals surface area contributed by atoms with Gasteiger partial charge in [0.25, 0.3) is 0 Å². The Morgan fingerprint density at radius 2 is 2.00 bits per heavy atom. The molecule has 110 valence electrons. The normalized spacial score (nSPS) is 15.8. The number of anilines is 1. The minimum atomic E-state index is 0.708. The number of furan rings is 1. The lowest BCUT2D eigenvalue weighted by atomic mass is 10.3. The van der Waals surface area contributed by atoms with Crippen molar-refractivity contribution < 1.29 is 9.15 Å². The van der Waals surface area contributed by atoms with Crippen LogP contribution in [0, 0.1) is 0 Å².